The van der Waals surface area contributed by atoms with Crippen LogP contribution in [0.5, 0.6) is 5.75 Å². The van der Waals surface area contributed by atoms with E-state index in [1.165, 1.54) is 23.4 Å². The molecule has 200 valence electrons. The molecule has 14 heteroatoms. The lowest BCUT2D eigenvalue weighted by molar-refractivity contribution is -0.333. The molecule has 0 spiro atoms. The van der Waals surface area contributed by atoms with Crippen LogP contribution in [0.15, 0.2) is 42.7 Å². The minimum Gasteiger partial charge on any atom is -0.428 e. The molecule has 38 heavy (non-hydrogen) atoms. The van der Waals surface area contributed by atoms with Gasteiger partial charge in [-0.15, -0.1) is 0 Å². The highest BCUT2D eigenvalue weighted by atomic mass is 19.4. The number of halogens is 5. The molecule has 4 heterocycles. The van der Waals surface area contributed by atoms with Gasteiger partial charge in [-0.1, -0.05) is 6.07 Å². The number of nitrogens with one attached hydrogen (secondary N) is 2. The largest absolute Gasteiger partial charge is 0.428 e. The van der Waals surface area contributed by atoms with Gasteiger partial charge in [0.05, 0.1) is 30.1 Å². The number of pyridine rings is 1. The summed E-state index contributed by atoms with van der Waals surface area (Å²) in [5.74, 6) is -4.19. The topological polar surface area (TPSA) is 109 Å². The highest BCUT2D eigenvalue weighted by Crippen LogP contribution is 2.51. The number of benzene rings is 1. The van der Waals surface area contributed by atoms with E-state index in [1.54, 1.807) is 6.07 Å². The van der Waals surface area contributed by atoms with Crippen LogP contribution in [0.1, 0.15) is 28.8 Å². The molecule has 0 radical (unpaired) electrons. The Bertz CT molecular complexity index is 1360. The number of rotatable bonds is 7. The van der Waals surface area contributed by atoms with Gasteiger partial charge in [0, 0.05) is 37.3 Å². The quantitative estimate of drug-likeness (QED) is 0.342. The van der Waals surface area contributed by atoms with E-state index in [0.29, 0.717) is 11.3 Å². The zero-order valence-electron chi connectivity index (χ0n) is 19.5. The van der Waals surface area contributed by atoms with Crippen LogP contribution < -0.4 is 15.0 Å². The summed E-state index contributed by atoms with van der Waals surface area (Å²) in [6, 6.07) is 6.21. The second-order valence-corrected chi connectivity index (χ2v) is 8.86. The van der Waals surface area contributed by atoms with Gasteiger partial charge in [-0.05, 0) is 29.8 Å². The number of amides is 1. The van der Waals surface area contributed by atoms with Crippen molar-refractivity contribution in [2.24, 2.45) is 0 Å². The Balaban J connectivity index is 1.54. The van der Waals surface area contributed by atoms with Crippen molar-refractivity contribution < 1.29 is 41.0 Å². The number of carbonyl (C=O) groups excluding carboxylic acids is 2. The summed E-state index contributed by atoms with van der Waals surface area (Å²) in [4.78, 5) is 30.1. The molecule has 3 aromatic rings. The molecule has 2 aliphatic heterocycles. The molecular weight excluding hydrogens is 517 g/mol. The van der Waals surface area contributed by atoms with E-state index < -0.39 is 42.3 Å². The van der Waals surface area contributed by atoms with Gasteiger partial charge in [0.2, 0.25) is 0 Å². The fraction of sp³-hybridized carbons (Fsp3) is 0.333. The summed E-state index contributed by atoms with van der Waals surface area (Å²) in [5, 5.41) is 9.23. The predicted octanol–water partition coefficient (Wildman–Crippen LogP) is 4.28. The van der Waals surface area contributed by atoms with Gasteiger partial charge in [-0.25, -0.2) is 13.8 Å². The highest BCUT2D eigenvalue weighted by molar-refractivity contribution is 6.09. The van der Waals surface area contributed by atoms with Crippen molar-refractivity contribution in [3.63, 3.8) is 0 Å². The molecule has 1 unspecified atom stereocenters. The highest BCUT2D eigenvalue weighted by Gasteiger charge is 2.61. The van der Waals surface area contributed by atoms with Gasteiger partial charge in [0.1, 0.15) is 5.75 Å². The van der Waals surface area contributed by atoms with Gasteiger partial charge in [0.25, 0.3) is 18.3 Å². The van der Waals surface area contributed by atoms with E-state index in [1.807, 2.05) is 0 Å². The summed E-state index contributed by atoms with van der Waals surface area (Å²) in [5.41, 5.74) is -2.28. The minimum atomic E-state index is -4.74. The number of nitrogens with zero attached hydrogens (tertiary/aromatic N) is 3. The smallest absolute Gasteiger partial charge is 0.421 e. The van der Waals surface area contributed by atoms with Crippen molar-refractivity contribution in [1.29, 1.82) is 0 Å². The molecule has 1 atom stereocenters. The molecule has 0 aliphatic carbocycles. The maximum Gasteiger partial charge on any atom is 0.421 e. The average Bonchev–Trinajstić information content (AvgIpc) is 3.47. The number of aromatic nitrogens is 3. The summed E-state index contributed by atoms with van der Waals surface area (Å²) in [7, 11) is 0. The lowest BCUT2D eigenvalue weighted by Crippen LogP contribution is -2.52. The number of ether oxygens (including phenoxy) is 2. The van der Waals surface area contributed by atoms with Crippen molar-refractivity contribution in [2.45, 2.75) is 30.5 Å². The molecule has 2 N–H and O–H groups in total. The van der Waals surface area contributed by atoms with Crippen LogP contribution in [0.3, 0.4) is 0 Å². The summed E-state index contributed by atoms with van der Waals surface area (Å²) < 4.78 is 79.0. The zero-order valence-corrected chi connectivity index (χ0v) is 19.5. The molecule has 1 aromatic carbocycles. The second-order valence-electron chi connectivity index (χ2n) is 8.86. The van der Waals surface area contributed by atoms with Crippen molar-refractivity contribution >= 4 is 23.9 Å². The van der Waals surface area contributed by atoms with E-state index in [0.717, 1.165) is 18.2 Å². The van der Waals surface area contributed by atoms with E-state index in [4.69, 9.17) is 9.47 Å². The Morgan fingerprint density at radius 3 is 2.55 bits per heavy atom. The number of hydrogen-bond donors (Lipinski definition) is 2. The lowest BCUT2D eigenvalue weighted by atomic mass is 9.85. The van der Waals surface area contributed by atoms with Crippen molar-refractivity contribution in [2.75, 3.05) is 29.9 Å². The van der Waals surface area contributed by atoms with Gasteiger partial charge >= 0.3 is 6.18 Å². The fourth-order valence-corrected chi connectivity index (χ4v) is 4.57. The molecule has 2 fully saturated rings. The first-order chi connectivity index (χ1) is 18.0. The normalized spacial score (nSPS) is 20.6. The maximum atomic E-state index is 14.0. The molecule has 1 amide bonds. The van der Waals surface area contributed by atoms with Crippen molar-refractivity contribution in [3.05, 3.63) is 53.9 Å². The van der Waals surface area contributed by atoms with Crippen molar-refractivity contribution in [1.82, 2.24) is 15.2 Å². The number of H-pyrrole nitrogens is 1. The third-order valence-corrected chi connectivity index (χ3v) is 6.56. The molecule has 2 aromatic heterocycles. The average molecular weight is 537 g/mol. The molecule has 0 bridgehead atoms. The number of anilines is 2. The Morgan fingerprint density at radius 1 is 1.18 bits per heavy atom. The molecule has 0 saturated carbocycles. The number of carbonyl (C=O) groups is 2. The number of hydrogen-bond acceptors (Lipinski definition) is 7. The van der Waals surface area contributed by atoms with Crippen LogP contribution >= 0.6 is 0 Å². The van der Waals surface area contributed by atoms with Crippen LogP contribution in [0.25, 0.3) is 11.3 Å². The summed E-state index contributed by atoms with van der Waals surface area (Å²) >= 11 is 0. The number of alkyl halides is 5. The van der Waals surface area contributed by atoms with Gasteiger partial charge in [-0.2, -0.15) is 18.3 Å². The fourth-order valence-electron chi connectivity index (χ4n) is 4.57. The van der Waals surface area contributed by atoms with Crippen molar-refractivity contribution in [3.8, 4) is 17.0 Å². The molecule has 2 aliphatic rings. The van der Waals surface area contributed by atoms with Crippen LogP contribution in [-0.2, 0) is 15.1 Å². The number of aromatic amines is 1. The standard InChI is InChI=1S/C24H20F5N5O4/c25-22(26)5-9-34(12-22)20-19(15(3-7-30-20)17-4-8-31-33-17)32-21(36)16-2-1-14(11-18(16)37-13-35)23(6-10-38-23)24(27,28)29/h1-4,7-8,11,13H,5-6,9-10,12H2,(H,31,33)(H,32,36). The Kier molecular flexibility index (Phi) is 6.29. The Morgan fingerprint density at radius 2 is 1.97 bits per heavy atom. The second kappa shape index (κ2) is 9.35. The maximum absolute atomic E-state index is 14.0. The summed E-state index contributed by atoms with van der Waals surface area (Å²) in [6.45, 7) is -0.775. The molecular formula is C24H20F5N5O4. The Hall–Kier alpha value is -4.07. The van der Waals surface area contributed by atoms with Gasteiger partial charge < -0.3 is 19.7 Å². The molecule has 2 saturated heterocycles. The molecule has 9 nitrogen and oxygen atoms in total. The summed E-state index contributed by atoms with van der Waals surface area (Å²) in [6.07, 6.45) is -2.63. The zero-order chi connectivity index (χ0) is 27.1. The van der Waals surface area contributed by atoms with Crippen LogP contribution in [0.4, 0.5) is 33.5 Å². The van der Waals surface area contributed by atoms with E-state index in [9.17, 15) is 31.5 Å². The monoisotopic (exact) mass is 537 g/mol. The van der Waals surface area contributed by atoms with Crippen LogP contribution in [-0.4, -0.2) is 59.4 Å². The first kappa shape index (κ1) is 25.6. The SMILES string of the molecule is O=COc1cc(C2(C(F)(F)F)CCO2)ccc1C(=O)Nc1c(-c2ccn[nH]2)ccnc1N1CCC(F)(F)C1. The lowest BCUT2D eigenvalue weighted by Gasteiger charge is -2.43. The van der Waals surface area contributed by atoms with E-state index >= 15 is 0 Å². The minimum absolute atomic E-state index is 0.0182. The van der Waals surface area contributed by atoms with Crippen LogP contribution in [0, 0.1) is 0 Å². The third kappa shape index (κ3) is 4.44. The predicted molar refractivity (Wildman–Crippen MR) is 123 cm³/mol. The van der Waals surface area contributed by atoms with Crippen LogP contribution in [0.2, 0.25) is 0 Å². The third-order valence-electron chi connectivity index (χ3n) is 6.56. The van der Waals surface area contributed by atoms with E-state index in [-0.39, 0.29) is 48.7 Å². The Labute approximate surface area is 211 Å². The van der Waals surface area contributed by atoms with Gasteiger partial charge in [-0.3, -0.25) is 14.7 Å². The van der Waals surface area contributed by atoms with Gasteiger partial charge in [0.15, 0.2) is 11.4 Å². The molecule has 5 rings (SSSR count). The van der Waals surface area contributed by atoms with E-state index in [2.05, 4.69) is 20.5 Å². The first-order valence-electron chi connectivity index (χ1n) is 11.4. The first-order valence-corrected chi connectivity index (χ1v) is 11.4.